The number of hydrogen-bond acceptors (Lipinski definition) is 2. The van der Waals surface area contributed by atoms with E-state index in [-0.39, 0.29) is 0 Å². The van der Waals surface area contributed by atoms with E-state index in [4.69, 9.17) is 0 Å². The van der Waals surface area contributed by atoms with Crippen LogP contribution in [0, 0.1) is 0 Å². The lowest BCUT2D eigenvalue weighted by Crippen LogP contribution is -2.17. The summed E-state index contributed by atoms with van der Waals surface area (Å²) in [5.41, 5.74) is 2.58. The summed E-state index contributed by atoms with van der Waals surface area (Å²) < 4.78 is 0. The highest BCUT2D eigenvalue weighted by Crippen LogP contribution is 2.24. The van der Waals surface area contributed by atoms with Gasteiger partial charge in [0.15, 0.2) is 0 Å². The largest absolute Gasteiger partial charge is 0.372 e. The topological polar surface area (TPSA) is 20.3 Å². The van der Waals surface area contributed by atoms with Crippen LogP contribution in [-0.4, -0.2) is 19.4 Å². The molecule has 0 saturated carbocycles. The number of aldehydes is 1. The molecular formula is C14H19NO. The molecule has 2 rings (SSSR count). The van der Waals surface area contributed by atoms with E-state index in [1.165, 1.54) is 37.2 Å². The maximum atomic E-state index is 10.5. The number of rotatable bonds is 4. The predicted octanol–water partition coefficient (Wildman–Crippen LogP) is 2.98. The molecule has 1 aliphatic heterocycles. The summed E-state index contributed by atoms with van der Waals surface area (Å²) in [4.78, 5) is 12.9. The van der Waals surface area contributed by atoms with Gasteiger partial charge in [0.25, 0.3) is 0 Å². The van der Waals surface area contributed by atoms with Crippen molar-refractivity contribution in [2.75, 3.05) is 18.0 Å². The van der Waals surface area contributed by atoms with Gasteiger partial charge in [-0.05, 0) is 36.5 Å². The zero-order valence-corrected chi connectivity index (χ0v) is 9.86. The van der Waals surface area contributed by atoms with E-state index < -0.39 is 0 Å². The molecule has 2 heteroatoms. The van der Waals surface area contributed by atoms with E-state index in [9.17, 15) is 4.79 Å². The van der Waals surface area contributed by atoms with Crippen molar-refractivity contribution in [2.45, 2.75) is 32.1 Å². The van der Waals surface area contributed by atoms with Gasteiger partial charge in [0.1, 0.15) is 6.29 Å². The summed E-state index contributed by atoms with van der Waals surface area (Å²) in [5, 5.41) is 0. The van der Waals surface area contributed by atoms with Gasteiger partial charge >= 0.3 is 0 Å². The fourth-order valence-corrected chi connectivity index (χ4v) is 2.27. The number of hydrogen-bond donors (Lipinski definition) is 0. The van der Waals surface area contributed by atoms with Gasteiger partial charge in [-0.25, -0.2) is 0 Å². The molecule has 0 aliphatic carbocycles. The minimum absolute atomic E-state index is 0.338. The number of carbonyl (C=O) groups excluding carboxylic acids is 1. The molecule has 0 unspecified atom stereocenters. The molecule has 2 nitrogen and oxygen atoms in total. The van der Waals surface area contributed by atoms with Crippen molar-refractivity contribution in [2.24, 2.45) is 0 Å². The van der Waals surface area contributed by atoms with Gasteiger partial charge in [-0.3, -0.25) is 0 Å². The molecule has 1 fully saturated rings. The lowest BCUT2D eigenvalue weighted by Gasteiger charge is -2.18. The molecule has 0 bridgehead atoms. The van der Waals surface area contributed by atoms with E-state index >= 15 is 0 Å². The van der Waals surface area contributed by atoms with E-state index in [1.54, 1.807) is 0 Å². The van der Waals surface area contributed by atoms with Gasteiger partial charge in [-0.2, -0.15) is 0 Å². The fourth-order valence-electron chi connectivity index (χ4n) is 2.27. The zero-order chi connectivity index (χ0) is 11.4. The van der Waals surface area contributed by atoms with Crippen LogP contribution in [0.15, 0.2) is 24.3 Å². The third kappa shape index (κ3) is 2.43. The first-order valence-electron chi connectivity index (χ1n) is 6.10. The van der Waals surface area contributed by atoms with Crippen molar-refractivity contribution in [1.82, 2.24) is 0 Å². The molecule has 1 atom stereocenters. The summed E-state index contributed by atoms with van der Waals surface area (Å²) >= 11 is 0. The number of anilines is 1. The quantitative estimate of drug-likeness (QED) is 0.723. The highest BCUT2D eigenvalue weighted by atomic mass is 16.1. The lowest BCUT2D eigenvalue weighted by atomic mass is 9.98. The summed E-state index contributed by atoms with van der Waals surface area (Å²) in [6.45, 7) is 4.46. The molecule has 1 heterocycles. The Morgan fingerprint density at radius 2 is 1.88 bits per heavy atom. The number of carbonyl (C=O) groups is 1. The lowest BCUT2D eigenvalue weighted by molar-refractivity contribution is -0.108. The number of nitrogens with zero attached hydrogens (tertiary/aromatic N) is 1. The van der Waals surface area contributed by atoms with Crippen LogP contribution in [0.4, 0.5) is 5.69 Å². The smallest absolute Gasteiger partial charge is 0.120 e. The van der Waals surface area contributed by atoms with Crippen molar-refractivity contribution in [3.8, 4) is 0 Å². The first-order valence-corrected chi connectivity index (χ1v) is 6.10. The van der Waals surface area contributed by atoms with Gasteiger partial charge in [-0.1, -0.05) is 19.1 Å². The van der Waals surface area contributed by atoms with Crippen LogP contribution in [0.3, 0.4) is 0 Å². The highest BCUT2D eigenvalue weighted by molar-refractivity contribution is 5.53. The Balaban J connectivity index is 2.06. The molecule has 1 aromatic carbocycles. The van der Waals surface area contributed by atoms with E-state index in [1.807, 2.05) is 0 Å². The van der Waals surface area contributed by atoms with Crippen LogP contribution in [0.2, 0.25) is 0 Å². The average molecular weight is 217 g/mol. The molecule has 0 N–H and O–H groups in total. The molecule has 0 amide bonds. The molecule has 86 valence electrons. The Labute approximate surface area is 97.3 Å². The number of benzene rings is 1. The zero-order valence-electron chi connectivity index (χ0n) is 9.86. The van der Waals surface area contributed by atoms with Crippen LogP contribution in [0.5, 0.6) is 0 Å². The van der Waals surface area contributed by atoms with E-state index in [0.29, 0.717) is 12.3 Å². The van der Waals surface area contributed by atoms with Crippen molar-refractivity contribution in [3.63, 3.8) is 0 Å². The Hall–Kier alpha value is -1.31. The first kappa shape index (κ1) is 11.2. The molecule has 1 saturated heterocycles. The van der Waals surface area contributed by atoms with Gasteiger partial charge < -0.3 is 9.69 Å². The summed E-state index contributed by atoms with van der Waals surface area (Å²) in [6, 6.07) is 8.67. The second-order valence-corrected chi connectivity index (χ2v) is 4.59. The standard InChI is InChI=1S/C14H19NO/c1-12(8-11-16)13-4-6-14(7-5-13)15-9-2-3-10-15/h4-7,11-12H,2-3,8-10H2,1H3/t12-/m1/s1. The first-order chi connectivity index (χ1) is 7.81. The van der Waals surface area contributed by atoms with Gasteiger partial charge in [0, 0.05) is 25.2 Å². The van der Waals surface area contributed by atoms with Crippen molar-refractivity contribution in [3.05, 3.63) is 29.8 Å². The SMILES string of the molecule is C[C@H](CC=O)c1ccc(N2CCCC2)cc1. The summed E-state index contributed by atoms with van der Waals surface area (Å²) in [7, 11) is 0. The maximum Gasteiger partial charge on any atom is 0.120 e. The van der Waals surface area contributed by atoms with E-state index in [0.717, 1.165) is 6.29 Å². The van der Waals surface area contributed by atoms with Crippen LogP contribution in [0.25, 0.3) is 0 Å². The second kappa shape index (κ2) is 5.15. The van der Waals surface area contributed by atoms with Crippen molar-refractivity contribution < 1.29 is 4.79 Å². The highest BCUT2D eigenvalue weighted by Gasteiger charge is 2.12. The van der Waals surface area contributed by atoms with E-state index in [2.05, 4.69) is 36.1 Å². The minimum Gasteiger partial charge on any atom is -0.372 e. The third-order valence-corrected chi connectivity index (χ3v) is 3.38. The molecule has 16 heavy (non-hydrogen) atoms. The Morgan fingerprint density at radius 1 is 1.25 bits per heavy atom. The summed E-state index contributed by atoms with van der Waals surface area (Å²) in [5.74, 6) is 0.338. The minimum atomic E-state index is 0.338. The molecule has 0 radical (unpaired) electrons. The molecule has 0 spiro atoms. The summed E-state index contributed by atoms with van der Waals surface area (Å²) in [6.07, 6.45) is 4.23. The second-order valence-electron chi connectivity index (χ2n) is 4.59. The van der Waals surface area contributed by atoms with Crippen LogP contribution in [-0.2, 0) is 4.79 Å². The molecule has 1 aromatic rings. The normalized spacial score (nSPS) is 17.4. The van der Waals surface area contributed by atoms with Gasteiger partial charge in [-0.15, -0.1) is 0 Å². The van der Waals surface area contributed by atoms with Crippen molar-refractivity contribution in [1.29, 1.82) is 0 Å². The van der Waals surface area contributed by atoms with Crippen LogP contribution in [0.1, 0.15) is 37.7 Å². The molecule has 1 aliphatic rings. The average Bonchev–Trinajstić information content (AvgIpc) is 2.83. The van der Waals surface area contributed by atoms with Gasteiger partial charge in [0.05, 0.1) is 0 Å². The maximum absolute atomic E-state index is 10.5. The Morgan fingerprint density at radius 3 is 2.44 bits per heavy atom. The predicted molar refractivity (Wildman–Crippen MR) is 67.0 cm³/mol. The Kier molecular flexibility index (Phi) is 3.60. The van der Waals surface area contributed by atoms with Crippen molar-refractivity contribution >= 4 is 12.0 Å². The van der Waals surface area contributed by atoms with Crippen LogP contribution >= 0.6 is 0 Å². The van der Waals surface area contributed by atoms with Crippen LogP contribution < -0.4 is 4.90 Å². The monoisotopic (exact) mass is 217 g/mol. The molecule has 0 aromatic heterocycles. The fraction of sp³-hybridized carbons (Fsp3) is 0.500. The third-order valence-electron chi connectivity index (χ3n) is 3.38. The Bertz CT molecular complexity index is 338. The van der Waals surface area contributed by atoms with Gasteiger partial charge in [0.2, 0.25) is 0 Å². The molecular weight excluding hydrogens is 198 g/mol.